The molecule has 0 radical (unpaired) electrons. The van der Waals surface area contributed by atoms with Gasteiger partial charge in [-0.25, -0.2) is 0 Å². The summed E-state index contributed by atoms with van der Waals surface area (Å²) in [4.78, 5) is 14.3. The van der Waals surface area contributed by atoms with Gasteiger partial charge in [0, 0.05) is 19.7 Å². The molecule has 2 aliphatic heterocycles. The van der Waals surface area contributed by atoms with Crippen molar-refractivity contribution in [3.05, 3.63) is 0 Å². The molecule has 2 atom stereocenters. The first-order valence-electron chi connectivity index (χ1n) is 7.30. The maximum Gasteiger partial charge on any atom is 0.239 e. The van der Waals surface area contributed by atoms with E-state index in [9.17, 15) is 4.79 Å². The standard InChI is InChI=1S/C14H26N2O2/c1-11(2)10-18-12-6-8-16(9-12)14(17)13-5-3-4-7-15-13/h11-13,15H,3-10H2,1-2H3. The molecule has 0 bridgehead atoms. The van der Waals surface area contributed by atoms with Crippen LogP contribution in [-0.4, -0.2) is 49.2 Å². The Hall–Kier alpha value is -0.610. The highest BCUT2D eigenvalue weighted by molar-refractivity contribution is 5.82. The Morgan fingerprint density at radius 2 is 2.22 bits per heavy atom. The van der Waals surface area contributed by atoms with Crippen LogP contribution in [0.2, 0.25) is 0 Å². The van der Waals surface area contributed by atoms with Crippen LogP contribution >= 0.6 is 0 Å². The third kappa shape index (κ3) is 3.69. The molecule has 0 saturated carbocycles. The Morgan fingerprint density at radius 1 is 1.39 bits per heavy atom. The van der Waals surface area contributed by atoms with E-state index in [2.05, 4.69) is 19.2 Å². The number of carbonyl (C=O) groups excluding carboxylic acids is 1. The average Bonchev–Trinajstić information content (AvgIpc) is 2.85. The van der Waals surface area contributed by atoms with E-state index in [0.717, 1.165) is 39.1 Å². The predicted octanol–water partition coefficient (Wildman–Crippen LogP) is 1.40. The van der Waals surface area contributed by atoms with E-state index < -0.39 is 0 Å². The van der Waals surface area contributed by atoms with Crippen molar-refractivity contribution in [1.82, 2.24) is 10.2 Å². The third-order valence-electron chi connectivity index (χ3n) is 3.73. The summed E-state index contributed by atoms with van der Waals surface area (Å²) >= 11 is 0. The van der Waals surface area contributed by atoms with Gasteiger partial charge in [0.15, 0.2) is 0 Å². The van der Waals surface area contributed by atoms with Crippen molar-refractivity contribution >= 4 is 5.91 Å². The van der Waals surface area contributed by atoms with Gasteiger partial charge in [-0.3, -0.25) is 4.79 Å². The Balaban J connectivity index is 1.75. The molecule has 0 aromatic rings. The van der Waals surface area contributed by atoms with E-state index >= 15 is 0 Å². The molecule has 104 valence electrons. The number of hydrogen-bond acceptors (Lipinski definition) is 3. The van der Waals surface area contributed by atoms with Crippen molar-refractivity contribution in [3.63, 3.8) is 0 Å². The molecule has 4 heteroatoms. The normalized spacial score (nSPS) is 28.9. The Labute approximate surface area is 110 Å². The number of piperidine rings is 1. The maximum atomic E-state index is 12.3. The minimum absolute atomic E-state index is 0.0580. The van der Waals surface area contributed by atoms with Crippen LogP contribution in [0.15, 0.2) is 0 Å². The lowest BCUT2D eigenvalue weighted by molar-refractivity contribution is -0.133. The Morgan fingerprint density at radius 3 is 2.89 bits per heavy atom. The summed E-state index contributed by atoms with van der Waals surface area (Å²) in [6.07, 6.45) is 4.60. The molecule has 2 rings (SSSR count). The zero-order chi connectivity index (χ0) is 13.0. The highest BCUT2D eigenvalue weighted by atomic mass is 16.5. The molecule has 0 aliphatic carbocycles. The minimum Gasteiger partial charge on any atom is -0.376 e. The minimum atomic E-state index is 0.0580. The van der Waals surface area contributed by atoms with Crippen LogP contribution in [0.3, 0.4) is 0 Å². The number of amides is 1. The number of hydrogen-bond donors (Lipinski definition) is 1. The van der Waals surface area contributed by atoms with Gasteiger partial charge in [-0.15, -0.1) is 0 Å². The lowest BCUT2D eigenvalue weighted by Crippen LogP contribution is -2.48. The molecule has 1 amide bonds. The van der Waals surface area contributed by atoms with Crippen LogP contribution in [0, 0.1) is 5.92 Å². The average molecular weight is 254 g/mol. The fraction of sp³-hybridized carbons (Fsp3) is 0.929. The molecule has 4 nitrogen and oxygen atoms in total. The highest BCUT2D eigenvalue weighted by Crippen LogP contribution is 2.17. The molecule has 0 spiro atoms. The van der Waals surface area contributed by atoms with Crippen LogP contribution in [0.4, 0.5) is 0 Å². The number of carbonyl (C=O) groups is 1. The van der Waals surface area contributed by atoms with E-state index in [4.69, 9.17) is 4.74 Å². The van der Waals surface area contributed by atoms with E-state index in [1.807, 2.05) is 4.90 Å². The van der Waals surface area contributed by atoms with Crippen molar-refractivity contribution in [1.29, 1.82) is 0 Å². The van der Waals surface area contributed by atoms with Crippen LogP contribution < -0.4 is 5.32 Å². The first-order chi connectivity index (χ1) is 8.66. The molecular formula is C14H26N2O2. The van der Waals surface area contributed by atoms with E-state index in [1.165, 1.54) is 12.8 Å². The molecule has 0 aromatic carbocycles. The summed E-state index contributed by atoms with van der Waals surface area (Å²) in [6, 6.07) is 0.0580. The van der Waals surface area contributed by atoms with Gasteiger partial charge in [0.2, 0.25) is 5.91 Å². The van der Waals surface area contributed by atoms with Crippen molar-refractivity contribution in [2.45, 2.75) is 51.7 Å². The van der Waals surface area contributed by atoms with Gasteiger partial charge >= 0.3 is 0 Å². The lowest BCUT2D eigenvalue weighted by Gasteiger charge is -2.27. The van der Waals surface area contributed by atoms with Gasteiger partial charge in [0.05, 0.1) is 12.1 Å². The number of ether oxygens (including phenoxy) is 1. The smallest absolute Gasteiger partial charge is 0.239 e. The van der Waals surface area contributed by atoms with Gasteiger partial charge in [0.25, 0.3) is 0 Å². The van der Waals surface area contributed by atoms with Gasteiger partial charge in [-0.2, -0.15) is 0 Å². The van der Waals surface area contributed by atoms with Gasteiger partial charge in [-0.1, -0.05) is 20.3 Å². The zero-order valence-corrected chi connectivity index (χ0v) is 11.7. The van der Waals surface area contributed by atoms with Crippen LogP contribution in [0.25, 0.3) is 0 Å². The van der Waals surface area contributed by atoms with Crippen molar-refractivity contribution in [2.75, 3.05) is 26.2 Å². The maximum absolute atomic E-state index is 12.3. The second-order valence-electron chi connectivity index (χ2n) is 5.92. The van der Waals surface area contributed by atoms with Crippen LogP contribution in [0.5, 0.6) is 0 Å². The quantitative estimate of drug-likeness (QED) is 0.824. The molecule has 2 unspecified atom stereocenters. The molecule has 2 aliphatic rings. The third-order valence-corrected chi connectivity index (χ3v) is 3.73. The molecular weight excluding hydrogens is 228 g/mol. The number of nitrogens with zero attached hydrogens (tertiary/aromatic N) is 1. The van der Waals surface area contributed by atoms with E-state index in [-0.39, 0.29) is 18.1 Å². The van der Waals surface area contributed by atoms with Crippen LogP contribution in [-0.2, 0) is 9.53 Å². The van der Waals surface area contributed by atoms with E-state index in [0.29, 0.717) is 5.92 Å². The van der Waals surface area contributed by atoms with Gasteiger partial charge in [-0.05, 0) is 31.7 Å². The number of likely N-dealkylation sites (tertiary alicyclic amines) is 1. The SMILES string of the molecule is CC(C)COC1CCN(C(=O)C2CCCCN2)C1. The summed E-state index contributed by atoms with van der Waals surface area (Å²) in [5.41, 5.74) is 0. The lowest BCUT2D eigenvalue weighted by atomic mass is 10.0. The summed E-state index contributed by atoms with van der Waals surface area (Å²) in [6.45, 7) is 7.74. The van der Waals surface area contributed by atoms with Crippen LogP contribution in [0.1, 0.15) is 39.5 Å². The zero-order valence-electron chi connectivity index (χ0n) is 11.7. The molecule has 1 N–H and O–H groups in total. The van der Waals surface area contributed by atoms with Crippen molar-refractivity contribution in [3.8, 4) is 0 Å². The predicted molar refractivity (Wildman–Crippen MR) is 71.4 cm³/mol. The first kappa shape index (κ1) is 13.8. The fourth-order valence-corrected chi connectivity index (χ4v) is 2.68. The van der Waals surface area contributed by atoms with E-state index in [1.54, 1.807) is 0 Å². The second-order valence-corrected chi connectivity index (χ2v) is 5.92. The largest absolute Gasteiger partial charge is 0.376 e. The summed E-state index contributed by atoms with van der Waals surface area (Å²) in [5, 5.41) is 3.33. The number of nitrogens with one attached hydrogen (secondary N) is 1. The van der Waals surface area contributed by atoms with Gasteiger partial charge in [0.1, 0.15) is 0 Å². The fourth-order valence-electron chi connectivity index (χ4n) is 2.68. The second kappa shape index (κ2) is 6.53. The Kier molecular flexibility index (Phi) is 5.01. The molecule has 2 saturated heterocycles. The summed E-state index contributed by atoms with van der Waals surface area (Å²) < 4.78 is 5.82. The highest BCUT2D eigenvalue weighted by Gasteiger charge is 2.31. The molecule has 2 fully saturated rings. The Bertz CT molecular complexity index is 275. The van der Waals surface area contributed by atoms with Crippen molar-refractivity contribution in [2.24, 2.45) is 5.92 Å². The first-order valence-corrected chi connectivity index (χ1v) is 7.30. The van der Waals surface area contributed by atoms with Gasteiger partial charge < -0.3 is 15.0 Å². The molecule has 0 aromatic heterocycles. The number of rotatable bonds is 4. The van der Waals surface area contributed by atoms with Crippen molar-refractivity contribution < 1.29 is 9.53 Å². The summed E-state index contributed by atoms with van der Waals surface area (Å²) in [7, 11) is 0. The molecule has 18 heavy (non-hydrogen) atoms. The monoisotopic (exact) mass is 254 g/mol. The topological polar surface area (TPSA) is 41.6 Å². The summed E-state index contributed by atoms with van der Waals surface area (Å²) in [5.74, 6) is 0.847. The molecule has 2 heterocycles.